The lowest BCUT2D eigenvalue weighted by Gasteiger charge is -2.34. The number of amides is 3. The minimum Gasteiger partial charge on any atom is -0.444 e. The Morgan fingerprint density at radius 2 is 2.00 bits per heavy atom. The molecule has 153 valence electrons. The fraction of sp³-hybridized carbons (Fsp3) is 0.684. The van der Waals surface area contributed by atoms with Gasteiger partial charge in [0.1, 0.15) is 11.3 Å². The summed E-state index contributed by atoms with van der Waals surface area (Å²) >= 11 is 0. The molecule has 0 saturated carbocycles. The lowest BCUT2D eigenvalue weighted by atomic mass is 9.93. The van der Waals surface area contributed by atoms with Crippen molar-refractivity contribution >= 4 is 24.2 Å². The van der Waals surface area contributed by atoms with Crippen LogP contribution in [0.1, 0.15) is 50.5 Å². The summed E-state index contributed by atoms with van der Waals surface area (Å²) in [6.07, 6.45) is 2.93. The van der Waals surface area contributed by atoms with Gasteiger partial charge in [0.15, 0.2) is 5.82 Å². The van der Waals surface area contributed by atoms with Gasteiger partial charge in [0, 0.05) is 32.2 Å². The van der Waals surface area contributed by atoms with E-state index in [1.54, 1.807) is 15.6 Å². The molecule has 1 aromatic heterocycles. The highest BCUT2D eigenvalue weighted by Crippen LogP contribution is 2.24. The van der Waals surface area contributed by atoms with Crippen molar-refractivity contribution in [3.8, 4) is 0 Å². The Bertz CT molecular complexity index is 731. The molecule has 3 amide bonds. The van der Waals surface area contributed by atoms with E-state index in [9.17, 15) is 14.4 Å². The normalized spacial score (nSPS) is 18.0. The molecule has 1 radical (unpaired) electrons. The van der Waals surface area contributed by atoms with Gasteiger partial charge in [-0.05, 0) is 46.0 Å². The van der Waals surface area contributed by atoms with Crippen molar-refractivity contribution in [1.29, 1.82) is 0 Å². The fourth-order valence-corrected chi connectivity index (χ4v) is 3.62. The van der Waals surface area contributed by atoms with Crippen LogP contribution in [0.2, 0.25) is 0 Å². The molecule has 9 heteroatoms. The van der Waals surface area contributed by atoms with E-state index in [4.69, 9.17) is 4.74 Å². The van der Waals surface area contributed by atoms with Gasteiger partial charge in [-0.15, -0.1) is 0 Å². The number of likely N-dealkylation sites (tertiary alicyclic amines) is 1. The van der Waals surface area contributed by atoms with Crippen LogP contribution in [0.4, 0.5) is 10.6 Å². The average molecular weight is 390 g/mol. The second-order valence-corrected chi connectivity index (χ2v) is 8.34. The molecule has 3 rings (SSSR count). The molecule has 3 heterocycles. The Hall–Kier alpha value is -2.58. The first-order chi connectivity index (χ1) is 13.3. The number of hydrogen-bond acceptors (Lipinski definition) is 5. The van der Waals surface area contributed by atoms with E-state index in [-0.39, 0.29) is 17.8 Å². The van der Waals surface area contributed by atoms with E-state index in [2.05, 4.69) is 10.4 Å². The number of carbonyl (C=O) groups is 3. The molecular formula is C19H28N5O4. The number of rotatable bonds is 5. The second-order valence-electron chi connectivity index (χ2n) is 8.34. The SMILES string of the molecule is CC(C)(C)OC(=O)N1CCC(CCN2CCn3nc([N]C=O)cc3C2=O)CC1. The molecule has 1 aromatic rings. The minimum atomic E-state index is -0.478. The Kier molecular flexibility index (Phi) is 5.90. The van der Waals surface area contributed by atoms with Gasteiger partial charge in [-0.1, -0.05) is 0 Å². The van der Waals surface area contributed by atoms with Crippen LogP contribution in [0.3, 0.4) is 0 Å². The molecule has 2 aliphatic rings. The molecule has 1 fully saturated rings. The van der Waals surface area contributed by atoms with Gasteiger partial charge >= 0.3 is 6.09 Å². The predicted molar refractivity (Wildman–Crippen MR) is 101 cm³/mol. The molecule has 0 atom stereocenters. The van der Waals surface area contributed by atoms with Crippen molar-refractivity contribution in [2.24, 2.45) is 5.92 Å². The summed E-state index contributed by atoms with van der Waals surface area (Å²) in [5.41, 5.74) is 0.0000965. The van der Waals surface area contributed by atoms with Gasteiger partial charge in [0.25, 0.3) is 5.91 Å². The van der Waals surface area contributed by atoms with E-state index in [1.807, 2.05) is 25.7 Å². The van der Waals surface area contributed by atoms with Crippen molar-refractivity contribution in [2.75, 3.05) is 26.2 Å². The summed E-state index contributed by atoms with van der Waals surface area (Å²) in [5, 5.41) is 7.76. The fourth-order valence-electron chi connectivity index (χ4n) is 3.62. The molecular weight excluding hydrogens is 362 g/mol. The summed E-state index contributed by atoms with van der Waals surface area (Å²) in [6.45, 7) is 8.88. The van der Waals surface area contributed by atoms with E-state index < -0.39 is 5.60 Å². The quantitative estimate of drug-likeness (QED) is 0.714. The van der Waals surface area contributed by atoms with Crippen LogP contribution in [-0.2, 0) is 16.1 Å². The zero-order chi connectivity index (χ0) is 20.3. The van der Waals surface area contributed by atoms with Crippen LogP contribution in [0, 0.1) is 5.92 Å². The maximum absolute atomic E-state index is 12.6. The molecule has 9 nitrogen and oxygen atoms in total. The van der Waals surface area contributed by atoms with Crippen molar-refractivity contribution in [1.82, 2.24) is 24.9 Å². The number of aromatic nitrogens is 2. The number of piperidine rings is 1. The molecule has 0 unspecified atom stereocenters. The standard InChI is InChI=1S/C19H28N5O4/c1-19(2,3)28-18(27)23-8-5-14(6-9-23)4-7-22-10-11-24-15(17(22)26)12-16(21-24)20-13-25/h12-14H,4-11H2,1-3H3. The van der Waals surface area contributed by atoms with Crippen LogP contribution in [0.5, 0.6) is 0 Å². The van der Waals surface area contributed by atoms with E-state index in [0.717, 1.165) is 19.3 Å². The first-order valence-corrected chi connectivity index (χ1v) is 9.76. The number of nitrogens with zero attached hydrogens (tertiary/aromatic N) is 5. The lowest BCUT2D eigenvalue weighted by Crippen LogP contribution is -2.43. The zero-order valence-corrected chi connectivity index (χ0v) is 16.8. The Labute approximate surface area is 165 Å². The lowest BCUT2D eigenvalue weighted by molar-refractivity contribution is -0.108. The van der Waals surface area contributed by atoms with Crippen LogP contribution in [0.15, 0.2) is 6.07 Å². The molecule has 2 aliphatic heterocycles. The van der Waals surface area contributed by atoms with Crippen molar-refractivity contribution in [2.45, 2.75) is 52.2 Å². The molecule has 0 bridgehead atoms. The van der Waals surface area contributed by atoms with Gasteiger partial charge in [-0.25, -0.2) is 4.79 Å². The van der Waals surface area contributed by atoms with Crippen molar-refractivity contribution in [3.63, 3.8) is 0 Å². The predicted octanol–water partition coefficient (Wildman–Crippen LogP) is 1.77. The maximum atomic E-state index is 12.6. The van der Waals surface area contributed by atoms with Gasteiger partial charge < -0.3 is 14.5 Å². The van der Waals surface area contributed by atoms with Crippen LogP contribution in [0.25, 0.3) is 0 Å². The molecule has 1 saturated heterocycles. The van der Waals surface area contributed by atoms with Crippen molar-refractivity contribution in [3.05, 3.63) is 11.8 Å². The van der Waals surface area contributed by atoms with Crippen LogP contribution >= 0.6 is 0 Å². The number of ether oxygens (including phenoxy) is 1. The number of fused-ring (bicyclic) bond motifs is 1. The monoisotopic (exact) mass is 390 g/mol. The highest BCUT2D eigenvalue weighted by Gasteiger charge is 2.29. The summed E-state index contributed by atoms with van der Waals surface area (Å²) in [7, 11) is 0. The number of carbonyl (C=O) groups excluding carboxylic acids is 3. The van der Waals surface area contributed by atoms with Crippen LogP contribution < -0.4 is 5.32 Å². The molecule has 0 spiro atoms. The van der Waals surface area contributed by atoms with Crippen molar-refractivity contribution < 1.29 is 19.1 Å². The summed E-state index contributed by atoms with van der Waals surface area (Å²) < 4.78 is 7.04. The third kappa shape index (κ3) is 4.82. The smallest absolute Gasteiger partial charge is 0.410 e. The Morgan fingerprint density at radius 3 is 2.64 bits per heavy atom. The molecule has 0 N–H and O–H groups in total. The first kappa shape index (κ1) is 20.2. The van der Waals surface area contributed by atoms with E-state index >= 15 is 0 Å². The van der Waals surface area contributed by atoms with Gasteiger partial charge in [0.2, 0.25) is 6.41 Å². The summed E-state index contributed by atoms with van der Waals surface area (Å²) in [4.78, 5) is 38.9. The average Bonchev–Trinajstić information content (AvgIpc) is 3.04. The minimum absolute atomic E-state index is 0.0720. The molecule has 28 heavy (non-hydrogen) atoms. The Balaban J connectivity index is 1.46. The zero-order valence-electron chi connectivity index (χ0n) is 16.8. The highest BCUT2D eigenvalue weighted by molar-refractivity contribution is 5.94. The van der Waals surface area contributed by atoms with Gasteiger partial charge in [-0.2, -0.15) is 10.4 Å². The highest BCUT2D eigenvalue weighted by atomic mass is 16.6. The second kappa shape index (κ2) is 8.20. The van der Waals surface area contributed by atoms with Gasteiger partial charge in [-0.3, -0.25) is 14.3 Å². The maximum Gasteiger partial charge on any atom is 0.410 e. The van der Waals surface area contributed by atoms with E-state index in [0.29, 0.717) is 50.7 Å². The Morgan fingerprint density at radius 1 is 1.29 bits per heavy atom. The third-order valence-corrected chi connectivity index (χ3v) is 5.11. The molecule has 0 aliphatic carbocycles. The summed E-state index contributed by atoms with van der Waals surface area (Å²) in [5.74, 6) is 0.686. The number of hydrogen-bond donors (Lipinski definition) is 0. The largest absolute Gasteiger partial charge is 0.444 e. The molecule has 0 aromatic carbocycles. The van der Waals surface area contributed by atoms with Gasteiger partial charge in [0.05, 0.1) is 6.54 Å². The van der Waals surface area contributed by atoms with Crippen LogP contribution in [-0.4, -0.2) is 69.8 Å². The topological polar surface area (TPSA) is 98.8 Å². The van der Waals surface area contributed by atoms with E-state index in [1.165, 1.54) is 0 Å². The summed E-state index contributed by atoms with van der Waals surface area (Å²) in [6, 6.07) is 1.56. The first-order valence-electron chi connectivity index (χ1n) is 9.76. The third-order valence-electron chi connectivity index (χ3n) is 5.11.